The number of hydrogen-bond donors (Lipinski definition) is 1. The van der Waals surface area contributed by atoms with Gasteiger partial charge in [0.2, 0.25) is 5.91 Å². The van der Waals surface area contributed by atoms with Crippen LogP contribution >= 0.6 is 0 Å². The lowest BCUT2D eigenvalue weighted by Gasteiger charge is -2.31. The minimum absolute atomic E-state index is 0.0765. The van der Waals surface area contributed by atoms with Crippen LogP contribution in [0.15, 0.2) is 34.7 Å². The molecule has 1 amide bonds. The van der Waals surface area contributed by atoms with E-state index in [0.717, 1.165) is 23.2 Å². The third-order valence-electron chi connectivity index (χ3n) is 3.60. The summed E-state index contributed by atoms with van der Waals surface area (Å²) in [6, 6.07) is 10.1. The lowest BCUT2D eigenvalue weighted by atomic mass is 9.80. The van der Waals surface area contributed by atoms with E-state index in [9.17, 15) is 4.79 Å². The van der Waals surface area contributed by atoms with E-state index >= 15 is 0 Å². The van der Waals surface area contributed by atoms with E-state index in [1.165, 1.54) is 0 Å². The van der Waals surface area contributed by atoms with Crippen molar-refractivity contribution in [2.45, 2.75) is 25.2 Å². The fourth-order valence-corrected chi connectivity index (χ4v) is 2.35. The Labute approximate surface area is 99.8 Å². The number of hydrogen-bond acceptors (Lipinski definition) is 2. The first-order valence-corrected chi connectivity index (χ1v) is 5.93. The van der Waals surface area contributed by atoms with Crippen LogP contribution < -0.4 is 5.32 Å². The van der Waals surface area contributed by atoms with Crippen molar-refractivity contribution < 1.29 is 9.21 Å². The predicted octanol–water partition coefficient (Wildman–Crippen LogP) is 2.60. The second kappa shape index (κ2) is 3.62. The monoisotopic (exact) mass is 229 g/mol. The van der Waals surface area contributed by atoms with Crippen molar-refractivity contribution >= 4 is 16.9 Å². The molecule has 17 heavy (non-hydrogen) atoms. The Hall–Kier alpha value is -1.77. The molecule has 0 spiro atoms. The highest BCUT2D eigenvalue weighted by Crippen LogP contribution is 2.34. The number of para-hydroxylation sites is 1. The predicted molar refractivity (Wildman–Crippen MR) is 65.8 cm³/mol. The maximum absolute atomic E-state index is 11.2. The van der Waals surface area contributed by atoms with Gasteiger partial charge in [-0.2, -0.15) is 0 Å². The second-order valence-corrected chi connectivity index (χ2v) is 4.99. The molecule has 3 rings (SSSR count). The summed E-state index contributed by atoms with van der Waals surface area (Å²) >= 11 is 0. The van der Waals surface area contributed by atoms with Crippen molar-refractivity contribution in [1.82, 2.24) is 5.32 Å². The second-order valence-electron chi connectivity index (χ2n) is 4.99. The summed E-state index contributed by atoms with van der Waals surface area (Å²) in [5.74, 6) is 1.11. The van der Waals surface area contributed by atoms with Gasteiger partial charge >= 0.3 is 0 Å². The van der Waals surface area contributed by atoms with Crippen molar-refractivity contribution in [2.75, 3.05) is 6.54 Å². The van der Waals surface area contributed by atoms with Gasteiger partial charge < -0.3 is 9.73 Å². The van der Waals surface area contributed by atoms with E-state index in [-0.39, 0.29) is 11.3 Å². The fourth-order valence-electron chi connectivity index (χ4n) is 2.35. The van der Waals surface area contributed by atoms with E-state index in [0.29, 0.717) is 13.0 Å². The third kappa shape index (κ3) is 1.71. The average Bonchev–Trinajstić information content (AvgIpc) is 2.77. The molecule has 2 heterocycles. The number of piperidine rings is 1. The molecule has 0 saturated carbocycles. The molecule has 3 nitrogen and oxygen atoms in total. The summed E-state index contributed by atoms with van der Waals surface area (Å²) in [6.45, 7) is 2.80. The molecule has 0 bridgehead atoms. The van der Waals surface area contributed by atoms with Crippen LogP contribution in [0.3, 0.4) is 0 Å². The molecular formula is C14H15NO2. The van der Waals surface area contributed by atoms with Crippen LogP contribution in [-0.4, -0.2) is 12.5 Å². The number of nitrogens with one attached hydrogen (secondary N) is 1. The maximum atomic E-state index is 11.2. The Morgan fingerprint density at radius 1 is 1.35 bits per heavy atom. The summed E-state index contributed by atoms with van der Waals surface area (Å²) in [7, 11) is 0. The zero-order valence-electron chi connectivity index (χ0n) is 9.82. The van der Waals surface area contributed by atoms with Crippen LogP contribution in [0.1, 0.15) is 25.5 Å². The maximum Gasteiger partial charge on any atom is 0.220 e. The molecule has 1 aromatic carbocycles. The van der Waals surface area contributed by atoms with Crippen molar-refractivity contribution in [3.63, 3.8) is 0 Å². The number of furan rings is 1. The Morgan fingerprint density at radius 2 is 2.18 bits per heavy atom. The summed E-state index contributed by atoms with van der Waals surface area (Å²) in [5.41, 5.74) is 0.841. The van der Waals surface area contributed by atoms with Crippen LogP contribution in [0.25, 0.3) is 11.0 Å². The van der Waals surface area contributed by atoms with Crippen molar-refractivity contribution in [1.29, 1.82) is 0 Å². The highest BCUT2D eigenvalue weighted by Gasteiger charge is 2.34. The van der Waals surface area contributed by atoms with E-state index in [2.05, 4.69) is 18.3 Å². The SMILES string of the molecule is CC1(c2cc3ccccc3o2)CCC(=O)NC1. The molecule has 1 N–H and O–H groups in total. The molecule has 1 aromatic heterocycles. The average molecular weight is 229 g/mol. The number of carbonyl (C=O) groups is 1. The van der Waals surface area contributed by atoms with Crippen LogP contribution in [0, 0.1) is 0 Å². The standard InChI is InChI=1S/C14H15NO2/c1-14(7-6-13(16)15-9-14)12-8-10-4-2-3-5-11(10)17-12/h2-5,8H,6-7,9H2,1H3,(H,15,16). The van der Waals surface area contributed by atoms with Gasteiger partial charge in [0.25, 0.3) is 0 Å². The summed E-state index contributed by atoms with van der Waals surface area (Å²) < 4.78 is 5.89. The first-order valence-electron chi connectivity index (χ1n) is 5.93. The van der Waals surface area contributed by atoms with Gasteiger partial charge in [0.1, 0.15) is 11.3 Å². The van der Waals surface area contributed by atoms with Gasteiger partial charge in [0.05, 0.1) is 0 Å². The zero-order valence-corrected chi connectivity index (χ0v) is 9.82. The normalized spacial score (nSPS) is 24.9. The lowest BCUT2D eigenvalue weighted by molar-refractivity contribution is -0.123. The third-order valence-corrected chi connectivity index (χ3v) is 3.60. The van der Waals surface area contributed by atoms with Crippen molar-refractivity contribution in [3.8, 4) is 0 Å². The van der Waals surface area contributed by atoms with E-state index < -0.39 is 0 Å². The summed E-state index contributed by atoms with van der Waals surface area (Å²) in [4.78, 5) is 11.2. The highest BCUT2D eigenvalue weighted by atomic mass is 16.3. The molecule has 1 saturated heterocycles. The van der Waals surface area contributed by atoms with Crippen LogP contribution in [0.2, 0.25) is 0 Å². The van der Waals surface area contributed by atoms with E-state index in [1.54, 1.807) is 0 Å². The van der Waals surface area contributed by atoms with E-state index in [1.807, 2.05) is 24.3 Å². The Balaban J connectivity index is 2.00. The van der Waals surface area contributed by atoms with Gasteiger partial charge in [-0.1, -0.05) is 25.1 Å². The van der Waals surface area contributed by atoms with Gasteiger partial charge in [0.15, 0.2) is 0 Å². The summed E-state index contributed by atoms with van der Waals surface area (Å²) in [5, 5.41) is 4.04. The Bertz CT molecular complexity index is 527. The Morgan fingerprint density at radius 3 is 2.88 bits per heavy atom. The largest absolute Gasteiger partial charge is 0.460 e. The van der Waals surface area contributed by atoms with Crippen LogP contribution in [-0.2, 0) is 10.2 Å². The molecule has 1 aliphatic heterocycles. The molecule has 1 aliphatic rings. The number of fused-ring (bicyclic) bond motifs is 1. The number of carbonyl (C=O) groups excluding carboxylic acids is 1. The molecule has 2 aromatic rings. The first-order chi connectivity index (χ1) is 8.17. The first kappa shape index (κ1) is 10.4. The number of benzene rings is 1. The van der Waals surface area contributed by atoms with Gasteiger partial charge in [-0.3, -0.25) is 4.79 Å². The summed E-state index contributed by atoms with van der Waals surface area (Å²) in [6.07, 6.45) is 1.42. The number of amides is 1. The lowest BCUT2D eigenvalue weighted by Crippen LogP contribution is -2.44. The number of rotatable bonds is 1. The zero-order chi connectivity index (χ0) is 11.9. The minimum atomic E-state index is -0.0765. The van der Waals surface area contributed by atoms with Gasteiger partial charge in [-0.25, -0.2) is 0 Å². The molecule has 1 fully saturated rings. The molecule has 0 radical (unpaired) electrons. The molecule has 88 valence electrons. The molecule has 1 atom stereocenters. The van der Waals surface area contributed by atoms with Crippen LogP contribution in [0.5, 0.6) is 0 Å². The topological polar surface area (TPSA) is 42.2 Å². The molecule has 0 aliphatic carbocycles. The minimum Gasteiger partial charge on any atom is -0.460 e. The van der Waals surface area contributed by atoms with Gasteiger partial charge in [-0.15, -0.1) is 0 Å². The van der Waals surface area contributed by atoms with Gasteiger partial charge in [-0.05, 0) is 18.6 Å². The quantitative estimate of drug-likeness (QED) is 0.816. The highest BCUT2D eigenvalue weighted by molar-refractivity contribution is 5.79. The van der Waals surface area contributed by atoms with E-state index in [4.69, 9.17) is 4.42 Å². The van der Waals surface area contributed by atoms with Crippen molar-refractivity contribution in [2.24, 2.45) is 0 Å². The van der Waals surface area contributed by atoms with Crippen LogP contribution in [0.4, 0.5) is 0 Å². The molecule has 1 unspecified atom stereocenters. The smallest absolute Gasteiger partial charge is 0.220 e. The fraction of sp³-hybridized carbons (Fsp3) is 0.357. The molecular weight excluding hydrogens is 214 g/mol. The van der Waals surface area contributed by atoms with Gasteiger partial charge in [0, 0.05) is 23.8 Å². The van der Waals surface area contributed by atoms with Crippen molar-refractivity contribution in [3.05, 3.63) is 36.1 Å². The molecule has 3 heteroatoms. The Kier molecular flexibility index (Phi) is 2.21.